The molecule has 5 nitrogen and oxygen atoms in total. The van der Waals surface area contributed by atoms with E-state index < -0.39 is 0 Å². The van der Waals surface area contributed by atoms with Crippen LogP contribution in [0.4, 0.5) is 4.79 Å². The molecule has 0 radical (unpaired) electrons. The predicted molar refractivity (Wildman–Crippen MR) is 102 cm³/mol. The average Bonchev–Trinajstić information content (AvgIpc) is 3.35. The molecule has 3 heterocycles. The van der Waals surface area contributed by atoms with Gasteiger partial charge in [-0.25, -0.2) is 4.79 Å². The van der Waals surface area contributed by atoms with Gasteiger partial charge in [-0.1, -0.05) is 13.0 Å². The number of hydrogen-bond donors (Lipinski definition) is 1. The minimum Gasteiger partial charge on any atom is -0.486 e. The van der Waals surface area contributed by atoms with E-state index in [2.05, 4.69) is 30.4 Å². The van der Waals surface area contributed by atoms with Crippen molar-refractivity contribution in [3.63, 3.8) is 0 Å². The Kier molecular flexibility index (Phi) is 5.02. The number of benzene rings is 1. The Morgan fingerprint density at radius 3 is 2.81 bits per heavy atom. The zero-order chi connectivity index (χ0) is 17.9. The normalized spacial score (nSPS) is 18.8. The smallest absolute Gasteiger partial charge is 0.318 e. The molecule has 6 heteroatoms. The van der Waals surface area contributed by atoms with E-state index in [0.29, 0.717) is 19.8 Å². The molecule has 1 atom stereocenters. The number of fused-ring (bicyclic) bond motifs is 1. The predicted octanol–water partition coefficient (Wildman–Crippen LogP) is 4.13. The maximum absolute atomic E-state index is 12.7. The third-order valence-corrected chi connectivity index (χ3v) is 6.17. The number of carbonyl (C=O) groups excluding carboxylic acids is 1. The zero-order valence-electron chi connectivity index (χ0n) is 15.0. The molecule has 1 N–H and O–H groups in total. The topological polar surface area (TPSA) is 50.8 Å². The molecular formula is C20H24N2O3S. The minimum atomic E-state index is 0.00818. The molecule has 1 aromatic carbocycles. The SMILES string of the molecule is CCc1ccc(CNC(=O)N2CCCC2c2ccc3c(c2)OCCO3)s1. The van der Waals surface area contributed by atoms with E-state index in [0.717, 1.165) is 42.9 Å². The quantitative estimate of drug-likeness (QED) is 0.878. The fourth-order valence-corrected chi connectivity index (χ4v) is 4.49. The summed E-state index contributed by atoms with van der Waals surface area (Å²) in [6, 6.07) is 10.4. The Balaban J connectivity index is 1.43. The Bertz CT molecular complexity index is 789. The molecule has 2 aliphatic heterocycles. The van der Waals surface area contributed by atoms with Gasteiger partial charge in [0.1, 0.15) is 13.2 Å². The average molecular weight is 372 g/mol. The third-order valence-electron chi connectivity index (χ3n) is 4.94. The van der Waals surface area contributed by atoms with E-state index >= 15 is 0 Å². The van der Waals surface area contributed by atoms with Crippen molar-refractivity contribution in [1.82, 2.24) is 10.2 Å². The highest BCUT2D eigenvalue weighted by atomic mass is 32.1. The number of aryl methyl sites for hydroxylation is 1. The van der Waals surface area contributed by atoms with Crippen LogP contribution in [0, 0.1) is 0 Å². The molecule has 0 saturated carbocycles. The summed E-state index contributed by atoms with van der Waals surface area (Å²) in [7, 11) is 0. The molecule has 4 rings (SSSR count). The van der Waals surface area contributed by atoms with Crippen molar-refractivity contribution in [3.8, 4) is 11.5 Å². The van der Waals surface area contributed by atoms with Gasteiger partial charge in [-0.3, -0.25) is 0 Å². The number of ether oxygens (including phenoxy) is 2. The van der Waals surface area contributed by atoms with E-state index in [1.807, 2.05) is 17.0 Å². The van der Waals surface area contributed by atoms with Crippen LogP contribution in [0.25, 0.3) is 0 Å². The van der Waals surface area contributed by atoms with Gasteiger partial charge in [-0.2, -0.15) is 0 Å². The molecule has 2 amide bonds. The van der Waals surface area contributed by atoms with Gasteiger partial charge >= 0.3 is 6.03 Å². The van der Waals surface area contributed by atoms with Gasteiger partial charge in [0.15, 0.2) is 11.5 Å². The standard InChI is InChI=1S/C20H24N2O3S/c1-2-15-6-7-16(26-15)13-21-20(23)22-9-3-4-17(22)14-5-8-18-19(12-14)25-11-10-24-18/h5-8,12,17H,2-4,9-11,13H2,1H3,(H,21,23). The molecule has 1 saturated heterocycles. The first-order valence-corrected chi connectivity index (χ1v) is 10.1. The van der Waals surface area contributed by atoms with Crippen molar-refractivity contribution in [2.75, 3.05) is 19.8 Å². The summed E-state index contributed by atoms with van der Waals surface area (Å²) in [5.41, 5.74) is 1.12. The van der Waals surface area contributed by atoms with Gasteiger partial charge in [-0.15, -0.1) is 11.3 Å². The van der Waals surface area contributed by atoms with Crippen LogP contribution in [-0.4, -0.2) is 30.7 Å². The maximum Gasteiger partial charge on any atom is 0.318 e. The number of thiophene rings is 1. The molecule has 1 fully saturated rings. The van der Waals surface area contributed by atoms with E-state index in [1.165, 1.54) is 9.75 Å². The van der Waals surface area contributed by atoms with Crippen molar-refractivity contribution >= 4 is 17.4 Å². The summed E-state index contributed by atoms with van der Waals surface area (Å²) >= 11 is 1.77. The van der Waals surface area contributed by atoms with E-state index in [-0.39, 0.29) is 12.1 Å². The first-order chi connectivity index (χ1) is 12.7. The van der Waals surface area contributed by atoms with Crippen LogP contribution in [0.15, 0.2) is 30.3 Å². The number of amides is 2. The number of urea groups is 1. The number of nitrogens with one attached hydrogen (secondary N) is 1. The van der Waals surface area contributed by atoms with Gasteiger partial charge < -0.3 is 19.7 Å². The molecular weight excluding hydrogens is 348 g/mol. The largest absolute Gasteiger partial charge is 0.486 e. The maximum atomic E-state index is 12.7. The van der Waals surface area contributed by atoms with Crippen molar-refractivity contribution in [2.24, 2.45) is 0 Å². The Hall–Kier alpha value is -2.21. The Morgan fingerprint density at radius 1 is 1.19 bits per heavy atom. The van der Waals surface area contributed by atoms with Crippen LogP contribution in [0.2, 0.25) is 0 Å². The van der Waals surface area contributed by atoms with Crippen LogP contribution in [0.1, 0.15) is 41.1 Å². The molecule has 26 heavy (non-hydrogen) atoms. The van der Waals surface area contributed by atoms with Gasteiger partial charge in [0.25, 0.3) is 0 Å². The van der Waals surface area contributed by atoms with Crippen molar-refractivity contribution in [3.05, 3.63) is 45.6 Å². The summed E-state index contributed by atoms with van der Waals surface area (Å²) in [4.78, 5) is 17.2. The second-order valence-corrected chi connectivity index (χ2v) is 7.89. The third kappa shape index (κ3) is 3.51. The summed E-state index contributed by atoms with van der Waals surface area (Å²) in [5, 5.41) is 3.08. The summed E-state index contributed by atoms with van der Waals surface area (Å²) < 4.78 is 11.3. The van der Waals surface area contributed by atoms with Crippen LogP contribution in [-0.2, 0) is 13.0 Å². The molecule has 1 aromatic heterocycles. The highest BCUT2D eigenvalue weighted by Gasteiger charge is 2.30. The van der Waals surface area contributed by atoms with E-state index in [4.69, 9.17) is 9.47 Å². The van der Waals surface area contributed by atoms with Gasteiger partial charge in [-0.05, 0) is 49.1 Å². The molecule has 0 spiro atoms. The Morgan fingerprint density at radius 2 is 2.00 bits per heavy atom. The van der Waals surface area contributed by atoms with Crippen LogP contribution in [0.5, 0.6) is 11.5 Å². The molecule has 138 valence electrons. The minimum absolute atomic E-state index is 0.00818. The van der Waals surface area contributed by atoms with Crippen LogP contribution < -0.4 is 14.8 Å². The number of nitrogens with zero attached hydrogens (tertiary/aromatic N) is 1. The number of carbonyl (C=O) groups is 1. The van der Waals surface area contributed by atoms with Crippen molar-refractivity contribution in [2.45, 2.75) is 38.8 Å². The summed E-state index contributed by atoms with van der Waals surface area (Å²) in [6.45, 7) is 4.69. The van der Waals surface area contributed by atoms with Crippen LogP contribution >= 0.6 is 11.3 Å². The number of likely N-dealkylation sites (tertiary alicyclic amines) is 1. The van der Waals surface area contributed by atoms with Gasteiger partial charge in [0.05, 0.1) is 12.6 Å². The highest BCUT2D eigenvalue weighted by Crippen LogP contribution is 2.38. The molecule has 2 aliphatic rings. The lowest BCUT2D eigenvalue weighted by Gasteiger charge is -2.27. The Labute approximate surface area is 157 Å². The van der Waals surface area contributed by atoms with Crippen molar-refractivity contribution < 1.29 is 14.3 Å². The zero-order valence-corrected chi connectivity index (χ0v) is 15.8. The molecule has 0 bridgehead atoms. The van der Waals surface area contributed by atoms with Crippen molar-refractivity contribution in [1.29, 1.82) is 0 Å². The molecule has 1 unspecified atom stereocenters. The fourth-order valence-electron chi connectivity index (χ4n) is 3.60. The summed E-state index contributed by atoms with van der Waals surface area (Å²) in [6.07, 6.45) is 3.04. The first-order valence-electron chi connectivity index (χ1n) is 9.26. The first kappa shape index (κ1) is 17.2. The lowest BCUT2D eigenvalue weighted by atomic mass is 10.0. The monoisotopic (exact) mass is 372 g/mol. The number of rotatable bonds is 4. The molecule has 2 aromatic rings. The second kappa shape index (κ2) is 7.58. The fraction of sp³-hybridized carbons (Fsp3) is 0.450. The van der Waals surface area contributed by atoms with Gasteiger partial charge in [0.2, 0.25) is 0 Å². The van der Waals surface area contributed by atoms with E-state index in [1.54, 1.807) is 11.3 Å². The number of hydrogen-bond acceptors (Lipinski definition) is 4. The molecule has 0 aliphatic carbocycles. The highest BCUT2D eigenvalue weighted by molar-refractivity contribution is 7.11. The van der Waals surface area contributed by atoms with E-state index in [9.17, 15) is 4.79 Å². The lowest BCUT2D eigenvalue weighted by Crippen LogP contribution is -2.39. The van der Waals surface area contributed by atoms with Crippen LogP contribution in [0.3, 0.4) is 0 Å². The second-order valence-electron chi connectivity index (χ2n) is 6.63. The summed E-state index contributed by atoms with van der Waals surface area (Å²) in [5.74, 6) is 1.57. The lowest BCUT2D eigenvalue weighted by molar-refractivity contribution is 0.170. The van der Waals surface area contributed by atoms with Gasteiger partial charge in [0, 0.05) is 16.3 Å².